The minimum atomic E-state index is -0.581. The summed E-state index contributed by atoms with van der Waals surface area (Å²) in [5.74, 6) is 4.97. The average Bonchev–Trinajstić information content (AvgIpc) is 2.75. The third kappa shape index (κ3) is 3.56. The topological polar surface area (TPSA) is 91.7 Å². The molecule has 0 bridgehead atoms. The third-order valence-corrected chi connectivity index (χ3v) is 3.63. The highest BCUT2D eigenvalue weighted by molar-refractivity contribution is 5.92. The van der Waals surface area contributed by atoms with Crippen LogP contribution in [0.4, 0.5) is 0 Å². The van der Waals surface area contributed by atoms with Crippen molar-refractivity contribution in [1.29, 1.82) is 0 Å². The van der Waals surface area contributed by atoms with E-state index in [4.69, 9.17) is 10.3 Å². The molecule has 19 heavy (non-hydrogen) atoms. The Bertz CT molecular complexity index is 442. The summed E-state index contributed by atoms with van der Waals surface area (Å²) in [5.41, 5.74) is 2.32. The van der Waals surface area contributed by atoms with E-state index in [-0.39, 0.29) is 5.76 Å². The van der Waals surface area contributed by atoms with Crippen LogP contribution in [-0.4, -0.2) is 34.6 Å². The molecule has 1 atom stereocenters. The van der Waals surface area contributed by atoms with Gasteiger partial charge in [-0.05, 0) is 38.8 Å². The summed E-state index contributed by atoms with van der Waals surface area (Å²) >= 11 is 0. The molecule has 6 nitrogen and oxygen atoms in total. The first-order valence-electron chi connectivity index (χ1n) is 6.54. The van der Waals surface area contributed by atoms with E-state index in [9.17, 15) is 9.90 Å². The fraction of sp³-hybridized carbons (Fsp3) is 0.615. The quantitative estimate of drug-likeness (QED) is 0.424. The molecule has 1 unspecified atom stereocenters. The zero-order valence-electron chi connectivity index (χ0n) is 11.2. The molecule has 0 aromatic carbocycles. The molecule has 0 aliphatic carbocycles. The Hall–Kier alpha value is -1.37. The van der Waals surface area contributed by atoms with Crippen molar-refractivity contribution < 1.29 is 14.3 Å². The number of hydrazine groups is 1. The van der Waals surface area contributed by atoms with Gasteiger partial charge in [0.15, 0.2) is 5.76 Å². The van der Waals surface area contributed by atoms with Gasteiger partial charge in [-0.15, -0.1) is 0 Å². The van der Waals surface area contributed by atoms with Gasteiger partial charge in [0, 0.05) is 18.7 Å². The Morgan fingerprint density at radius 1 is 1.58 bits per heavy atom. The number of rotatable bonds is 3. The Morgan fingerprint density at radius 2 is 2.37 bits per heavy atom. The maximum atomic E-state index is 11.5. The number of nitrogens with zero attached hydrogens (tertiary/aromatic N) is 1. The first-order chi connectivity index (χ1) is 9.02. The number of aliphatic hydroxyl groups is 1. The van der Waals surface area contributed by atoms with E-state index in [1.54, 1.807) is 6.07 Å². The molecule has 1 aliphatic heterocycles. The number of amides is 1. The van der Waals surface area contributed by atoms with Gasteiger partial charge in [0.25, 0.3) is 0 Å². The molecule has 2 rings (SSSR count). The molecule has 0 radical (unpaired) electrons. The summed E-state index contributed by atoms with van der Waals surface area (Å²) in [7, 11) is 0. The normalized spacial score (nSPS) is 25.0. The highest BCUT2D eigenvalue weighted by Crippen LogP contribution is 2.23. The standard InChI is InChI=1S/C13H21N3O3/c1-13(18)4-2-6-16(7-5-13)9-10-3-8-19-11(10)12(17)15-14/h3,8,18H,2,4-7,9,14H2,1H3,(H,15,17). The maximum absolute atomic E-state index is 11.5. The van der Waals surface area contributed by atoms with Gasteiger partial charge < -0.3 is 9.52 Å². The monoisotopic (exact) mass is 267 g/mol. The molecule has 1 saturated heterocycles. The minimum Gasteiger partial charge on any atom is -0.459 e. The van der Waals surface area contributed by atoms with Crippen molar-refractivity contribution in [2.75, 3.05) is 13.1 Å². The summed E-state index contributed by atoms with van der Waals surface area (Å²) < 4.78 is 5.16. The summed E-state index contributed by atoms with van der Waals surface area (Å²) in [6, 6.07) is 1.79. The SMILES string of the molecule is CC1(O)CCCN(Cc2ccoc2C(=O)NN)CC1. The summed E-state index contributed by atoms with van der Waals surface area (Å²) in [4.78, 5) is 13.7. The van der Waals surface area contributed by atoms with Crippen LogP contribution in [0.25, 0.3) is 0 Å². The number of hydrogen-bond acceptors (Lipinski definition) is 5. The lowest BCUT2D eigenvalue weighted by atomic mass is 9.98. The van der Waals surface area contributed by atoms with Crippen LogP contribution in [0, 0.1) is 0 Å². The second-order valence-corrected chi connectivity index (χ2v) is 5.38. The fourth-order valence-electron chi connectivity index (χ4n) is 2.44. The van der Waals surface area contributed by atoms with Crippen molar-refractivity contribution in [3.05, 3.63) is 23.7 Å². The average molecular weight is 267 g/mol. The van der Waals surface area contributed by atoms with E-state index in [0.29, 0.717) is 6.54 Å². The third-order valence-electron chi connectivity index (χ3n) is 3.63. The van der Waals surface area contributed by atoms with E-state index < -0.39 is 11.5 Å². The summed E-state index contributed by atoms with van der Waals surface area (Å²) in [6.45, 7) is 4.23. The Kier molecular flexibility index (Phi) is 4.24. The van der Waals surface area contributed by atoms with E-state index in [0.717, 1.165) is 37.9 Å². The van der Waals surface area contributed by atoms with Gasteiger partial charge in [-0.1, -0.05) is 0 Å². The van der Waals surface area contributed by atoms with Gasteiger partial charge in [-0.25, -0.2) is 5.84 Å². The molecule has 1 aromatic rings. The van der Waals surface area contributed by atoms with Crippen LogP contribution >= 0.6 is 0 Å². The van der Waals surface area contributed by atoms with E-state index >= 15 is 0 Å². The smallest absolute Gasteiger partial charge is 0.301 e. The molecule has 1 amide bonds. The Balaban J connectivity index is 2.01. The van der Waals surface area contributed by atoms with Gasteiger partial charge >= 0.3 is 5.91 Å². The molecule has 1 aliphatic rings. The van der Waals surface area contributed by atoms with Gasteiger partial charge in [0.1, 0.15) is 0 Å². The van der Waals surface area contributed by atoms with E-state index in [2.05, 4.69) is 10.3 Å². The number of nitrogen functional groups attached to an aromatic ring is 1. The van der Waals surface area contributed by atoms with Crippen LogP contribution in [0.2, 0.25) is 0 Å². The van der Waals surface area contributed by atoms with Crippen LogP contribution < -0.4 is 11.3 Å². The number of carbonyl (C=O) groups excluding carboxylic acids is 1. The van der Waals surface area contributed by atoms with Gasteiger partial charge in [-0.3, -0.25) is 15.1 Å². The second kappa shape index (κ2) is 5.73. The van der Waals surface area contributed by atoms with Crippen molar-refractivity contribution in [1.82, 2.24) is 10.3 Å². The van der Waals surface area contributed by atoms with Crippen LogP contribution in [0.5, 0.6) is 0 Å². The Morgan fingerprint density at radius 3 is 3.11 bits per heavy atom. The summed E-state index contributed by atoms with van der Waals surface area (Å²) in [6.07, 6.45) is 3.99. The number of carbonyl (C=O) groups is 1. The molecule has 106 valence electrons. The van der Waals surface area contributed by atoms with Crippen molar-refractivity contribution in [2.45, 2.75) is 38.3 Å². The first kappa shape index (κ1) is 14.0. The number of furan rings is 1. The lowest BCUT2D eigenvalue weighted by molar-refractivity contribution is 0.0444. The maximum Gasteiger partial charge on any atom is 0.301 e. The summed E-state index contributed by atoms with van der Waals surface area (Å²) in [5, 5.41) is 10.1. The van der Waals surface area contributed by atoms with E-state index in [1.165, 1.54) is 6.26 Å². The number of nitrogens with two attached hydrogens (primary N) is 1. The molecular weight excluding hydrogens is 246 g/mol. The van der Waals surface area contributed by atoms with Gasteiger partial charge in [0.05, 0.1) is 11.9 Å². The van der Waals surface area contributed by atoms with Crippen LogP contribution in [0.1, 0.15) is 42.3 Å². The number of likely N-dealkylation sites (tertiary alicyclic amines) is 1. The second-order valence-electron chi connectivity index (χ2n) is 5.38. The van der Waals surface area contributed by atoms with Crippen LogP contribution in [0.15, 0.2) is 16.7 Å². The Labute approximate surface area is 112 Å². The van der Waals surface area contributed by atoms with Crippen molar-refractivity contribution in [3.63, 3.8) is 0 Å². The first-order valence-corrected chi connectivity index (χ1v) is 6.54. The van der Waals surface area contributed by atoms with Crippen molar-refractivity contribution in [3.8, 4) is 0 Å². The van der Waals surface area contributed by atoms with Gasteiger partial charge in [0.2, 0.25) is 0 Å². The lowest BCUT2D eigenvalue weighted by Gasteiger charge is -2.22. The fourth-order valence-corrected chi connectivity index (χ4v) is 2.44. The number of nitrogens with one attached hydrogen (secondary N) is 1. The van der Waals surface area contributed by atoms with Crippen molar-refractivity contribution >= 4 is 5.91 Å². The largest absolute Gasteiger partial charge is 0.459 e. The predicted octanol–water partition coefficient (Wildman–Crippen LogP) is 0.620. The molecule has 0 spiro atoms. The zero-order chi connectivity index (χ0) is 13.9. The molecule has 6 heteroatoms. The van der Waals surface area contributed by atoms with Crippen LogP contribution in [-0.2, 0) is 6.54 Å². The minimum absolute atomic E-state index is 0.263. The molecule has 1 aromatic heterocycles. The van der Waals surface area contributed by atoms with Crippen LogP contribution in [0.3, 0.4) is 0 Å². The highest BCUT2D eigenvalue weighted by Gasteiger charge is 2.26. The lowest BCUT2D eigenvalue weighted by Crippen LogP contribution is -2.32. The highest BCUT2D eigenvalue weighted by atomic mass is 16.3. The zero-order valence-corrected chi connectivity index (χ0v) is 11.2. The molecule has 2 heterocycles. The predicted molar refractivity (Wildman–Crippen MR) is 70.1 cm³/mol. The number of hydrogen-bond donors (Lipinski definition) is 3. The van der Waals surface area contributed by atoms with Crippen molar-refractivity contribution in [2.24, 2.45) is 5.84 Å². The molecular formula is C13H21N3O3. The molecule has 4 N–H and O–H groups in total. The molecule has 1 fully saturated rings. The van der Waals surface area contributed by atoms with Gasteiger partial charge in [-0.2, -0.15) is 0 Å². The van der Waals surface area contributed by atoms with E-state index in [1.807, 2.05) is 6.92 Å². The molecule has 0 saturated carbocycles.